The summed E-state index contributed by atoms with van der Waals surface area (Å²) >= 11 is 1.49. The van der Waals surface area contributed by atoms with Crippen molar-refractivity contribution in [2.24, 2.45) is 0 Å². The monoisotopic (exact) mass is 411 g/mol. The minimum absolute atomic E-state index is 0.137. The summed E-state index contributed by atoms with van der Waals surface area (Å²) in [6.45, 7) is 6.37. The fourth-order valence-electron chi connectivity index (χ4n) is 3.04. The second-order valence-corrected chi connectivity index (χ2v) is 7.47. The van der Waals surface area contributed by atoms with Crippen LogP contribution >= 0.6 is 11.3 Å². The molecule has 1 aromatic carbocycles. The third kappa shape index (κ3) is 4.43. The Morgan fingerprint density at radius 3 is 2.55 bits per heavy atom. The molecule has 0 bridgehead atoms. The zero-order valence-electron chi connectivity index (χ0n) is 16.6. The van der Waals surface area contributed by atoms with Gasteiger partial charge in [-0.25, -0.2) is 4.98 Å². The quantitative estimate of drug-likeness (QED) is 0.594. The Bertz CT molecular complexity index is 1080. The third-order valence-corrected chi connectivity index (χ3v) is 5.16. The van der Waals surface area contributed by atoms with Crippen LogP contribution in [-0.4, -0.2) is 33.6 Å². The van der Waals surface area contributed by atoms with Crippen molar-refractivity contribution in [2.45, 2.75) is 27.7 Å². The molecular weight excluding hydrogens is 390 g/mol. The van der Waals surface area contributed by atoms with E-state index in [0.29, 0.717) is 16.8 Å². The van der Waals surface area contributed by atoms with Gasteiger partial charge in [-0.05, 0) is 45.0 Å². The van der Waals surface area contributed by atoms with E-state index in [9.17, 15) is 14.4 Å². The molecular formula is C21H21N3O4S. The molecule has 0 atom stereocenters. The lowest BCUT2D eigenvalue weighted by Crippen LogP contribution is -2.15. The van der Waals surface area contributed by atoms with Gasteiger partial charge in [0.2, 0.25) is 11.7 Å². The smallest absolute Gasteiger partial charge is 0.221 e. The van der Waals surface area contributed by atoms with Crippen LogP contribution in [0.4, 0.5) is 5.69 Å². The normalized spacial score (nSPS) is 10.6. The van der Waals surface area contributed by atoms with Gasteiger partial charge >= 0.3 is 0 Å². The van der Waals surface area contributed by atoms with Crippen LogP contribution in [0.25, 0.3) is 5.13 Å². The number of aryl methyl sites for hydroxylation is 1. The molecule has 150 valence electrons. The number of nitrogens with one attached hydrogen (secondary N) is 1. The van der Waals surface area contributed by atoms with E-state index in [2.05, 4.69) is 10.3 Å². The Hall–Kier alpha value is -3.26. The molecule has 29 heavy (non-hydrogen) atoms. The number of anilines is 1. The average molecular weight is 411 g/mol. The average Bonchev–Trinajstić information content (AvgIpc) is 3.27. The highest BCUT2D eigenvalue weighted by atomic mass is 32.1. The highest BCUT2D eigenvalue weighted by Gasteiger charge is 2.19. The predicted molar refractivity (Wildman–Crippen MR) is 111 cm³/mol. The molecule has 0 aliphatic rings. The number of hydrogen-bond acceptors (Lipinski definition) is 6. The van der Waals surface area contributed by atoms with E-state index < -0.39 is 0 Å². The van der Waals surface area contributed by atoms with E-state index >= 15 is 0 Å². The topological polar surface area (TPSA) is 90.3 Å². The number of aromatic nitrogens is 2. The van der Waals surface area contributed by atoms with Crippen molar-refractivity contribution < 1.29 is 19.1 Å². The number of nitrogens with zero attached hydrogens (tertiary/aromatic N) is 2. The number of thiazole rings is 1. The van der Waals surface area contributed by atoms with Gasteiger partial charge in [-0.3, -0.25) is 19.0 Å². The summed E-state index contributed by atoms with van der Waals surface area (Å²) in [4.78, 5) is 40.2. The van der Waals surface area contributed by atoms with Crippen LogP contribution in [0.2, 0.25) is 0 Å². The molecule has 0 unspecified atom stereocenters. The van der Waals surface area contributed by atoms with Crippen LogP contribution in [0.15, 0.2) is 35.8 Å². The fraction of sp³-hybridized carbons (Fsp3) is 0.238. The van der Waals surface area contributed by atoms with E-state index in [1.54, 1.807) is 18.3 Å². The molecule has 0 radical (unpaired) electrons. The summed E-state index contributed by atoms with van der Waals surface area (Å²) < 4.78 is 7.63. The summed E-state index contributed by atoms with van der Waals surface area (Å²) in [5, 5.41) is 5.32. The Labute approximate surface area is 172 Å². The molecule has 3 rings (SSSR count). The molecule has 0 aliphatic heterocycles. The molecule has 0 saturated carbocycles. The van der Waals surface area contributed by atoms with Crippen molar-refractivity contribution in [2.75, 3.05) is 11.9 Å². The molecule has 0 fully saturated rings. The van der Waals surface area contributed by atoms with Gasteiger partial charge in [0, 0.05) is 41.0 Å². The maximum absolute atomic E-state index is 12.8. The van der Waals surface area contributed by atoms with E-state index in [-0.39, 0.29) is 29.8 Å². The number of amides is 1. The maximum Gasteiger partial charge on any atom is 0.221 e. The Kier molecular flexibility index (Phi) is 5.93. The molecule has 3 aromatic rings. The molecule has 0 spiro atoms. The van der Waals surface area contributed by atoms with Gasteiger partial charge in [-0.1, -0.05) is 0 Å². The SMILES string of the molecule is CC(=O)Nc1ccc(C(C)=O)cc1OCC(=O)c1cc(C)n(-c2nccs2)c1C. The van der Waals surface area contributed by atoms with Gasteiger partial charge in [0.15, 0.2) is 17.5 Å². The van der Waals surface area contributed by atoms with Gasteiger partial charge in [-0.2, -0.15) is 0 Å². The van der Waals surface area contributed by atoms with E-state index in [4.69, 9.17) is 4.74 Å². The van der Waals surface area contributed by atoms with Crippen LogP contribution in [0.1, 0.15) is 46.0 Å². The maximum atomic E-state index is 12.8. The van der Waals surface area contributed by atoms with Gasteiger partial charge < -0.3 is 10.1 Å². The minimum atomic E-state index is -0.274. The summed E-state index contributed by atoms with van der Waals surface area (Å²) in [5.41, 5.74) is 3.07. The number of ether oxygens (including phenoxy) is 1. The van der Waals surface area contributed by atoms with Crippen LogP contribution in [0.3, 0.4) is 0 Å². The summed E-state index contributed by atoms with van der Waals surface area (Å²) in [7, 11) is 0. The first kappa shape index (κ1) is 20.5. The molecule has 1 N–H and O–H groups in total. The van der Waals surface area contributed by atoms with Crippen molar-refractivity contribution in [3.8, 4) is 10.9 Å². The summed E-state index contributed by atoms with van der Waals surface area (Å²) in [5.74, 6) is -0.343. The van der Waals surface area contributed by atoms with E-state index in [1.165, 1.54) is 31.3 Å². The third-order valence-electron chi connectivity index (χ3n) is 4.40. The zero-order valence-corrected chi connectivity index (χ0v) is 17.4. The number of carbonyl (C=O) groups is 3. The second-order valence-electron chi connectivity index (χ2n) is 6.60. The van der Waals surface area contributed by atoms with Crippen molar-refractivity contribution in [3.05, 3.63) is 58.4 Å². The first-order valence-electron chi connectivity index (χ1n) is 8.95. The summed E-state index contributed by atoms with van der Waals surface area (Å²) in [6.07, 6.45) is 1.72. The lowest BCUT2D eigenvalue weighted by Gasteiger charge is -2.12. The van der Waals surface area contributed by atoms with Gasteiger partial charge in [0.05, 0.1) is 5.69 Å². The number of Topliss-reactive ketones (excluding diaryl/α,β-unsaturated/α-hetero) is 2. The number of hydrogen-bond donors (Lipinski definition) is 1. The molecule has 2 aromatic heterocycles. The molecule has 0 aliphatic carbocycles. The second kappa shape index (κ2) is 8.40. The van der Waals surface area contributed by atoms with Crippen molar-refractivity contribution >= 4 is 34.5 Å². The van der Waals surface area contributed by atoms with Crippen LogP contribution < -0.4 is 10.1 Å². The Morgan fingerprint density at radius 2 is 1.93 bits per heavy atom. The predicted octanol–water partition coefficient (Wildman–Crippen LogP) is 3.97. The lowest BCUT2D eigenvalue weighted by molar-refractivity contribution is -0.114. The highest BCUT2D eigenvalue weighted by Crippen LogP contribution is 2.27. The zero-order chi connectivity index (χ0) is 21.1. The van der Waals surface area contributed by atoms with Crippen molar-refractivity contribution in [1.29, 1.82) is 0 Å². The molecule has 8 heteroatoms. The highest BCUT2D eigenvalue weighted by molar-refractivity contribution is 7.12. The summed E-state index contributed by atoms with van der Waals surface area (Å²) in [6, 6.07) is 6.53. The largest absolute Gasteiger partial charge is 0.483 e. The first-order chi connectivity index (χ1) is 13.8. The Morgan fingerprint density at radius 1 is 1.17 bits per heavy atom. The van der Waals surface area contributed by atoms with Crippen LogP contribution in [0, 0.1) is 13.8 Å². The minimum Gasteiger partial charge on any atom is -0.483 e. The lowest BCUT2D eigenvalue weighted by atomic mass is 10.1. The molecule has 2 heterocycles. The standard InChI is InChI=1S/C21H21N3O4S/c1-12-9-17(13(2)24(12)21-22-7-8-29-21)19(27)11-28-20-10-16(14(3)25)5-6-18(20)23-15(4)26/h5-10H,11H2,1-4H3,(H,23,26). The van der Waals surface area contributed by atoms with Gasteiger partial charge in [0.1, 0.15) is 5.75 Å². The number of ketones is 2. The van der Waals surface area contributed by atoms with Gasteiger partial charge in [-0.15, -0.1) is 11.3 Å². The fourth-order valence-corrected chi connectivity index (χ4v) is 3.79. The molecule has 1 amide bonds. The molecule has 7 nitrogen and oxygen atoms in total. The van der Waals surface area contributed by atoms with Crippen LogP contribution in [0.5, 0.6) is 5.75 Å². The Balaban J connectivity index is 1.84. The van der Waals surface area contributed by atoms with Crippen molar-refractivity contribution in [3.63, 3.8) is 0 Å². The van der Waals surface area contributed by atoms with Gasteiger partial charge in [0.25, 0.3) is 0 Å². The number of rotatable bonds is 7. The first-order valence-corrected chi connectivity index (χ1v) is 9.83. The number of benzene rings is 1. The van der Waals surface area contributed by atoms with Crippen molar-refractivity contribution in [1.82, 2.24) is 9.55 Å². The van der Waals surface area contributed by atoms with E-state index in [0.717, 1.165) is 16.5 Å². The van der Waals surface area contributed by atoms with E-state index in [1.807, 2.05) is 29.9 Å². The number of carbonyl (C=O) groups excluding carboxylic acids is 3. The molecule has 0 saturated heterocycles. The van der Waals surface area contributed by atoms with Crippen LogP contribution in [-0.2, 0) is 4.79 Å².